The highest BCUT2D eigenvalue weighted by atomic mass is 32.1. The molecule has 3 rings (SSSR count). The maximum Gasteiger partial charge on any atom is 0.0345 e. The van der Waals surface area contributed by atoms with Crippen molar-refractivity contribution in [3.05, 3.63) is 34.7 Å². The Bertz CT molecular complexity index is 496. The summed E-state index contributed by atoms with van der Waals surface area (Å²) in [6.07, 6.45) is 5.13. The maximum atomic E-state index is 5.64. The van der Waals surface area contributed by atoms with Gasteiger partial charge < -0.3 is 5.73 Å². The minimum absolute atomic E-state index is 0.749. The van der Waals surface area contributed by atoms with E-state index in [0.29, 0.717) is 0 Å². The molecule has 1 heterocycles. The van der Waals surface area contributed by atoms with Gasteiger partial charge in [0.25, 0.3) is 0 Å². The molecule has 0 saturated heterocycles. The van der Waals surface area contributed by atoms with E-state index in [4.69, 9.17) is 5.73 Å². The van der Waals surface area contributed by atoms with Crippen molar-refractivity contribution in [3.63, 3.8) is 0 Å². The SMILES string of the molecule is NCCc1csc2ccc(CC3CC3)cc12. The van der Waals surface area contributed by atoms with Gasteiger partial charge in [-0.05, 0) is 66.1 Å². The number of hydrogen-bond acceptors (Lipinski definition) is 2. The van der Waals surface area contributed by atoms with Gasteiger partial charge in [0.15, 0.2) is 0 Å². The molecule has 0 bridgehead atoms. The van der Waals surface area contributed by atoms with E-state index < -0.39 is 0 Å². The first-order valence-corrected chi connectivity index (χ1v) is 6.94. The number of benzene rings is 1. The van der Waals surface area contributed by atoms with Crippen molar-refractivity contribution in [2.45, 2.75) is 25.7 Å². The van der Waals surface area contributed by atoms with Gasteiger partial charge in [0.1, 0.15) is 0 Å². The van der Waals surface area contributed by atoms with Crippen molar-refractivity contribution >= 4 is 21.4 Å². The molecule has 0 aliphatic heterocycles. The number of rotatable bonds is 4. The summed E-state index contributed by atoms with van der Waals surface area (Å²) in [7, 11) is 0. The van der Waals surface area contributed by atoms with Crippen molar-refractivity contribution in [2.75, 3.05) is 6.54 Å². The molecule has 1 aliphatic carbocycles. The predicted octanol–water partition coefficient (Wildman–Crippen LogP) is 3.36. The summed E-state index contributed by atoms with van der Waals surface area (Å²) in [5.41, 5.74) is 8.58. The normalized spacial score (nSPS) is 15.8. The smallest absolute Gasteiger partial charge is 0.0345 e. The monoisotopic (exact) mass is 231 g/mol. The fraction of sp³-hybridized carbons (Fsp3) is 0.429. The molecule has 1 aliphatic rings. The molecule has 1 aromatic carbocycles. The van der Waals surface area contributed by atoms with Crippen molar-refractivity contribution in [2.24, 2.45) is 11.7 Å². The van der Waals surface area contributed by atoms with Crippen molar-refractivity contribution < 1.29 is 0 Å². The molecule has 1 aromatic heterocycles. The Hall–Kier alpha value is -0.860. The molecular weight excluding hydrogens is 214 g/mol. The summed E-state index contributed by atoms with van der Waals surface area (Å²) in [5.74, 6) is 0.967. The van der Waals surface area contributed by atoms with E-state index in [2.05, 4.69) is 23.6 Å². The molecule has 0 atom stereocenters. The minimum Gasteiger partial charge on any atom is -0.330 e. The highest BCUT2D eigenvalue weighted by Gasteiger charge is 2.21. The van der Waals surface area contributed by atoms with Crippen LogP contribution in [0.4, 0.5) is 0 Å². The van der Waals surface area contributed by atoms with Crippen molar-refractivity contribution in [3.8, 4) is 0 Å². The molecule has 2 N–H and O–H groups in total. The molecular formula is C14H17NS. The number of thiophene rings is 1. The number of fused-ring (bicyclic) bond motifs is 1. The lowest BCUT2D eigenvalue weighted by Gasteiger charge is -2.01. The van der Waals surface area contributed by atoms with Crippen molar-refractivity contribution in [1.29, 1.82) is 0 Å². The standard InChI is InChI=1S/C14H17NS/c15-6-5-12-9-16-14-4-3-11(8-13(12)14)7-10-1-2-10/h3-4,8-10H,1-2,5-7,15H2. The van der Waals surface area contributed by atoms with Gasteiger partial charge >= 0.3 is 0 Å². The van der Waals surface area contributed by atoms with Gasteiger partial charge in [-0.3, -0.25) is 0 Å². The van der Waals surface area contributed by atoms with Crippen LogP contribution in [0.15, 0.2) is 23.6 Å². The summed E-state index contributed by atoms with van der Waals surface area (Å²) in [6, 6.07) is 6.95. The topological polar surface area (TPSA) is 26.0 Å². The Labute approximate surface area is 100 Å². The first-order valence-electron chi connectivity index (χ1n) is 6.06. The zero-order chi connectivity index (χ0) is 11.0. The fourth-order valence-corrected chi connectivity index (χ4v) is 3.24. The van der Waals surface area contributed by atoms with Gasteiger partial charge in [-0.2, -0.15) is 0 Å². The van der Waals surface area contributed by atoms with Crippen LogP contribution in [0.5, 0.6) is 0 Å². The van der Waals surface area contributed by atoms with Gasteiger partial charge in [-0.25, -0.2) is 0 Å². The van der Waals surface area contributed by atoms with E-state index in [0.717, 1.165) is 18.9 Å². The zero-order valence-corrected chi connectivity index (χ0v) is 10.2. The van der Waals surface area contributed by atoms with Gasteiger partial charge in [0, 0.05) is 4.70 Å². The Morgan fingerprint density at radius 2 is 2.19 bits per heavy atom. The van der Waals surface area contributed by atoms with Crippen LogP contribution in [-0.2, 0) is 12.8 Å². The van der Waals surface area contributed by atoms with Gasteiger partial charge in [0.05, 0.1) is 0 Å². The second-order valence-electron chi connectivity index (χ2n) is 4.78. The van der Waals surface area contributed by atoms with Crippen LogP contribution in [-0.4, -0.2) is 6.54 Å². The molecule has 2 aromatic rings. The quantitative estimate of drug-likeness (QED) is 0.858. The van der Waals surface area contributed by atoms with E-state index in [9.17, 15) is 0 Å². The minimum atomic E-state index is 0.749. The highest BCUT2D eigenvalue weighted by molar-refractivity contribution is 7.17. The molecule has 2 heteroatoms. The van der Waals surface area contributed by atoms with E-state index >= 15 is 0 Å². The van der Waals surface area contributed by atoms with Crippen LogP contribution in [0.3, 0.4) is 0 Å². The summed E-state index contributed by atoms with van der Waals surface area (Å²) < 4.78 is 1.41. The molecule has 0 spiro atoms. The van der Waals surface area contributed by atoms with Gasteiger partial charge in [-0.1, -0.05) is 12.1 Å². The van der Waals surface area contributed by atoms with Crippen LogP contribution in [0.2, 0.25) is 0 Å². The second-order valence-corrected chi connectivity index (χ2v) is 5.69. The van der Waals surface area contributed by atoms with E-state index in [1.807, 2.05) is 11.3 Å². The lowest BCUT2D eigenvalue weighted by Crippen LogP contribution is -2.01. The molecule has 1 fully saturated rings. The number of nitrogens with two attached hydrogens (primary N) is 1. The lowest BCUT2D eigenvalue weighted by atomic mass is 10.0. The molecule has 16 heavy (non-hydrogen) atoms. The average molecular weight is 231 g/mol. The summed E-state index contributed by atoms with van der Waals surface area (Å²) in [6.45, 7) is 0.749. The Kier molecular flexibility index (Phi) is 2.70. The highest BCUT2D eigenvalue weighted by Crippen LogP contribution is 2.34. The Balaban J connectivity index is 1.96. The summed E-state index contributed by atoms with van der Waals surface area (Å²) in [5, 5.41) is 3.70. The third kappa shape index (κ3) is 2.00. The van der Waals surface area contributed by atoms with Crippen LogP contribution in [0.1, 0.15) is 24.0 Å². The first-order chi connectivity index (χ1) is 7.86. The number of hydrogen-bond donors (Lipinski definition) is 1. The van der Waals surface area contributed by atoms with Crippen molar-refractivity contribution in [1.82, 2.24) is 0 Å². The predicted molar refractivity (Wildman–Crippen MR) is 71.0 cm³/mol. The molecule has 84 valence electrons. The van der Waals surface area contributed by atoms with E-state index in [1.165, 1.54) is 40.5 Å². The van der Waals surface area contributed by atoms with Crippen LogP contribution in [0, 0.1) is 5.92 Å². The molecule has 0 amide bonds. The average Bonchev–Trinajstić information content (AvgIpc) is 3.01. The van der Waals surface area contributed by atoms with E-state index in [-0.39, 0.29) is 0 Å². The summed E-state index contributed by atoms with van der Waals surface area (Å²) in [4.78, 5) is 0. The van der Waals surface area contributed by atoms with Gasteiger partial charge in [0.2, 0.25) is 0 Å². The maximum absolute atomic E-state index is 5.64. The second kappa shape index (κ2) is 4.19. The largest absolute Gasteiger partial charge is 0.330 e. The molecule has 1 saturated carbocycles. The molecule has 0 unspecified atom stereocenters. The van der Waals surface area contributed by atoms with Crippen LogP contribution < -0.4 is 5.73 Å². The molecule has 1 nitrogen and oxygen atoms in total. The summed E-state index contributed by atoms with van der Waals surface area (Å²) >= 11 is 1.84. The van der Waals surface area contributed by atoms with E-state index in [1.54, 1.807) is 0 Å². The fourth-order valence-electron chi connectivity index (χ4n) is 2.26. The Morgan fingerprint density at radius 1 is 1.31 bits per heavy atom. The Morgan fingerprint density at radius 3 is 2.94 bits per heavy atom. The van der Waals surface area contributed by atoms with Crippen LogP contribution in [0.25, 0.3) is 10.1 Å². The third-order valence-electron chi connectivity index (χ3n) is 3.35. The first kappa shape index (κ1) is 10.3. The lowest BCUT2D eigenvalue weighted by molar-refractivity contribution is 0.833. The third-order valence-corrected chi connectivity index (χ3v) is 4.37. The van der Waals surface area contributed by atoms with Crippen LogP contribution >= 0.6 is 11.3 Å². The molecule has 0 radical (unpaired) electrons. The van der Waals surface area contributed by atoms with Gasteiger partial charge in [-0.15, -0.1) is 11.3 Å². The zero-order valence-electron chi connectivity index (χ0n) is 9.41.